The Hall–Kier alpha value is -2.40. The van der Waals surface area contributed by atoms with Gasteiger partial charge >= 0.3 is 5.97 Å². The first-order valence-corrected chi connectivity index (χ1v) is 8.57. The highest BCUT2D eigenvalue weighted by molar-refractivity contribution is 6.30. The number of pyridine rings is 1. The maximum Gasteiger partial charge on any atom is 0.304 e. The number of anilines is 1. The SMILES string of the molecule is Cc1cccnc1N1C(=O)C(CC(=O)O)CCC1c1ccc(Cl)cc1. The Bertz CT molecular complexity index is 792. The number of carbonyl (C=O) groups excluding carboxylic acids is 1. The van der Waals surface area contributed by atoms with E-state index >= 15 is 0 Å². The quantitative estimate of drug-likeness (QED) is 0.896. The monoisotopic (exact) mass is 358 g/mol. The van der Waals surface area contributed by atoms with E-state index in [9.17, 15) is 9.59 Å². The molecule has 0 spiro atoms. The number of halogens is 1. The first-order chi connectivity index (χ1) is 12.0. The van der Waals surface area contributed by atoms with E-state index in [0.717, 1.165) is 11.1 Å². The summed E-state index contributed by atoms with van der Waals surface area (Å²) >= 11 is 5.98. The molecule has 1 aromatic heterocycles. The van der Waals surface area contributed by atoms with Gasteiger partial charge in [-0.05, 0) is 49.1 Å². The standard InChI is InChI=1S/C19H19ClN2O3/c1-12-3-2-10-21-18(12)22-16(13-4-7-15(20)8-5-13)9-6-14(19(22)25)11-17(23)24/h2-5,7-8,10,14,16H,6,9,11H2,1H3,(H,23,24). The number of nitrogens with zero attached hydrogens (tertiary/aromatic N) is 2. The van der Waals surface area contributed by atoms with Gasteiger partial charge in [-0.1, -0.05) is 29.8 Å². The molecule has 2 heterocycles. The molecular weight excluding hydrogens is 340 g/mol. The van der Waals surface area contributed by atoms with Crippen LogP contribution in [0.5, 0.6) is 0 Å². The minimum absolute atomic E-state index is 0.158. The van der Waals surface area contributed by atoms with Crippen molar-refractivity contribution in [3.05, 3.63) is 58.7 Å². The number of hydrogen-bond acceptors (Lipinski definition) is 3. The fourth-order valence-electron chi connectivity index (χ4n) is 3.34. The Balaban J connectivity index is 2.02. The van der Waals surface area contributed by atoms with E-state index in [-0.39, 0.29) is 18.4 Å². The first-order valence-electron chi connectivity index (χ1n) is 8.19. The lowest BCUT2D eigenvalue weighted by atomic mass is 9.86. The second kappa shape index (κ2) is 7.23. The van der Waals surface area contributed by atoms with Gasteiger partial charge < -0.3 is 5.11 Å². The van der Waals surface area contributed by atoms with Gasteiger partial charge in [0.2, 0.25) is 5.91 Å². The van der Waals surface area contributed by atoms with Crippen LogP contribution in [0.2, 0.25) is 5.02 Å². The molecule has 0 saturated carbocycles. The normalized spacial score (nSPS) is 20.6. The molecule has 1 N–H and O–H groups in total. The number of aliphatic carboxylic acids is 1. The summed E-state index contributed by atoms with van der Waals surface area (Å²) in [5, 5.41) is 9.74. The highest BCUT2D eigenvalue weighted by Gasteiger charge is 2.39. The summed E-state index contributed by atoms with van der Waals surface area (Å²) in [5.41, 5.74) is 1.85. The summed E-state index contributed by atoms with van der Waals surface area (Å²) in [6.45, 7) is 1.90. The maximum absolute atomic E-state index is 13.1. The number of carboxylic acids is 1. The molecule has 6 heteroatoms. The Morgan fingerprint density at radius 1 is 1.28 bits per heavy atom. The van der Waals surface area contributed by atoms with Gasteiger partial charge in [0.15, 0.2) is 0 Å². The van der Waals surface area contributed by atoms with E-state index in [1.165, 1.54) is 0 Å². The van der Waals surface area contributed by atoms with E-state index < -0.39 is 11.9 Å². The molecule has 1 amide bonds. The van der Waals surface area contributed by atoms with Crippen molar-refractivity contribution in [1.29, 1.82) is 0 Å². The van der Waals surface area contributed by atoms with Crippen LogP contribution >= 0.6 is 11.6 Å². The van der Waals surface area contributed by atoms with Gasteiger partial charge in [0.05, 0.1) is 12.5 Å². The average molecular weight is 359 g/mol. The first kappa shape index (κ1) is 17.4. The number of carboxylic acid groups (broad SMARTS) is 1. The van der Waals surface area contributed by atoms with Crippen molar-refractivity contribution in [1.82, 2.24) is 4.98 Å². The van der Waals surface area contributed by atoms with E-state index in [2.05, 4.69) is 4.98 Å². The maximum atomic E-state index is 13.1. The number of aromatic nitrogens is 1. The molecule has 1 fully saturated rings. The van der Waals surface area contributed by atoms with Crippen molar-refractivity contribution >= 4 is 29.3 Å². The van der Waals surface area contributed by atoms with Crippen LogP contribution in [0.3, 0.4) is 0 Å². The average Bonchev–Trinajstić information content (AvgIpc) is 2.58. The summed E-state index contributed by atoms with van der Waals surface area (Å²) < 4.78 is 0. The lowest BCUT2D eigenvalue weighted by molar-refractivity contribution is -0.141. The van der Waals surface area contributed by atoms with Crippen LogP contribution in [0.15, 0.2) is 42.6 Å². The summed E-state index contributed by atoms with van der Waals surface area (Å²) in [6, 6.07) is 11.0. The van der Waals surface area contributed by atoms with Gasteiger partial charge in [0.25, 0.3) is 0 Å². The number of aryl methyl sites for hydroxylation is 1. The zero-order valence-corrected chi connectivity index (χ0v) is 14.6. The van der Waals surface area contributed by atoms with Gasteiger partial charge in [-0.3, -0.25) is 14.5 Å². The van der Waals surface area contributed by atoms with Crippen molar-refractivity contribution < 1.29 is 14.7 Å². The lowest BCUT2D eigenvalue weighted by Crippen LogP contribution is -2.45. The third-order valence-corrected chi connectivity index (χ3v) is 4.82. The smallest absolute Gasteiger partial charge is 0.304 e. The van der Waals surface area contributed by atoms with Gasteiger partial charge in [0.1, 0.15) is 5.82 Å². The van der Waals surface area contributed by atoms with Gasteiger partial charge in [-0.25, -0.2) is 4.98 Å². The molecule has 0 bridgehead atoms. The lowest BCUT2D eigenvalue weighted by Gasteiger charge is -2.39. The zero-order chi connectivity index (χ0) is 18.0. The molecule has 25 heavy (non-hydrogen) atoms. The molecule has 2 aromatic rings. The molecule has 1 aromatic carbocycles. The molecule has 2 atom stereocenters. The van der Waals surface area contributed by atoms with Gasteiger partial charge in [-0.2, -0.15) is 0 Å². The van der Waals surface area contributed by atoms with Gasteiger partial charge in [-0.15, -0.1) is 0 Å². The predicted molar refractivity (Wildman–Crippen MR) is 95.6 cm³/mol. The molecule has 3 rings (SSSR count). The van der Waals surface area contributed by atoms with Crippen LogP contribution in [0.1, 0.15) is 36.4 Å². The number of carbonyl (C=O) groups is 2. The van der Waals surface area contributed by atoms with Crippen LogP contribution in [-0.4, -0.2) is 22.0 Å². The van der Waals surface area contributed by atoms with Crippen molar-refractivity contribution in [2.75, 3.05) is 4.90 Å². The fraction of sp³-hybridized carbons (Fsp3) is 0.316. The third-order valence-electron chi connectivity index (χ3n) is 4.57. The van der Waals surface area contributed by atoms with Crippen molar-refractivity contribution in [2.24, 2.45) is 5.92 Å². The highest BCUT2D eigenvalue weighted by atomic mass is 35.5. The Morgan fingerprint density at radius 3 is 2.64 bits per heavy atom. The largest absolute Gasteiger partial charge is 0.481 e. The molecule has 5 nitrogen and oxygen atoms in total. The summed E-state index contributed by atoms with van der Waals surface area (Å²) in [5.74, 6) is -1.08. The van der Waals surface area contributed by atoms with Crippen LogP contribution in [0.4, 0.5) is 5.82 Å². The van der Waals surface area contributed by atoms with Crippen molar-refractivity contribution in [3.8, 4) is 0 Å². The number of amides is 1. The molecule has 1 aliphatic heterocycles. The highest BCUT2D eigenvalue weighted by Crippen LogP contribution is 2.39. The van der Waals surface area contributed by atoms with Crippen LogP contribution in [0.25, 0.3) is 0 Å². The summed E-state index contributed by atoms with van der Waals surface area (Å²) in [6.07, 6.45) is 2.71. The predicted octanol–water partition coefficient (Wildman–Crippen LogP) is 4.00. The van der Waals surface area contributed by atoms with Crippen LogP contribution < -0.4 is 4.90 Å². The van der Waals surface area contributed by atoms with Gasteiger partial charge in [0, 0.05) is 17.1 Å². The molecule has 1 aliphatic rings. The van der Waals surface area contributed by atoms with E-state index in [4.69, 9.17) is 16.7 Å². The fourth-order valence-corrected chi connectivity index (χ4v) is 3.47. The number of benzene rings is 1. The number of piperidine rings is 1. The molecule has 2 unspecified atom stereocenters. The van der Waals surface area contributed by atoms with E-state index in [0.29, 0.717) is 23.7 Å². The third kappa shape index (κ3) is 3.66. The van der Waals surface area contributed by atoms with Crippen molar-refractivity contribution in [2.45, 2.75) is 32.2 Å². The minimum Gasteiger partial charge on any atom is -0.481 e. The second-order valence-corrected chi connectivity index (χ2v) is 6.73. The Morgan fingerprint density at radius 2 is 2.00 bits per heavy atom. The second-order valence-electron chi connectivity index (χ2n) is 6.29. The van der Waals surface area contributed by atoms with Crippen molar-refractivity contribution in [3.63, 3.8) is 0 Å². The minimum atomic E-state index is -0.957. The number of rotatable bonds is 4. The summed E-state index contributed by atoms with van der Waals surface area (Å²) in [7, 11) is 0. The number of hydrogen-bond donors (Lipinski definition) is 1. The van der Waals surface area contributed by atoms with E-state index in [1.807, 2.05) is 31.2 Å². The van der Waals surface area contributed by atoms with Crippen LogP contribution in [0, 0.1) is 12.8 Å². The Kier molecular flexibility index (Phi) is 5.04. The topological polar surface area (TPSA) is 70.5 Å². The molecular formula is C19H19ClN2O3. The molecule has 0 radical (unpaired) electrons. The zero-order valence-electron chi connectivity index (χ0n) is 13.9. The summed E-state index contributed by atoms with van der Waals surface area (Å²) in [4.78, 5) is 30.2. The molecule has 130 valence electrons. The molecule has 0 aliphatic carbocycles. The van der Waals surface area contributed by atoms with E-state index in [1.54, 1.807) is 23.2 Å². The van der Waals surface area contributed by atoms with Crippen LogP contribution in [-0.2, 0) is 9.59 Å². The Labute approximate surface area is 151 Å². The molecule has 1 saturated heterocycles.